The van der Waals surface area contributed by atoms with Crippen molar-refractivity contribution in [3.05, 3.63) is 114 Å². The molecule has 5 aromatic rings. The van der Waals surface area contributed by atoms with Gasteiger partial charge >= 0.3 is 0 Å². The number of carbonyl (C=O) groups excluding carboxylic acids is 19. The molecule has 0 aliphatic heterocycles. The second-order valence-corrected chi connectivity index (χ2v) is 35.4. The van der Waals surface area contributed by atoms with Crippen LogP contribution in [0.2, 0.25) is 0 Å². The lowest BCUT2D eigenvalue weighted by Gasteiger charge is -2.33. The van der Waals surface area contributed by atoms with Crippen molar-refractivity contribution >= 4 is 159 Å². The number of aromatic amines is 1. The number of aliphatic hydroxyl groups is 2. The van der Waals surface area contributed by atoms with Crippen molar-refractivity contribution in [3.63, 3.8) is 0 Å². The number of para-hydroxylation sites is 1. The molecule has 0 saturated heterocycles. The Balaban J connectivity index is 1.54. The van der Waals surface area contributed by atoms with Crippen LogP contribution in [-0.4, -0.2) is 247 Å². The van der Waals surface area contributed by atoms with Crippen molar-refractivity contribution in [2.75, 3.05) is 19.7 Å². The number of nitrogens with one attached hydrogen (secondary N) is 15. The normalized spacial score (nSPS) is 14.7. The summed E-state index contributed by atoms with van der Waals surface area (Å²) in [4.78, 5) is 264. The molecule has 29 N–H and O–H groups in total. The molecule has 1 heterocycles. The molecule has 0 aliphatic carbocycles. The lowest BCUT2D eigenvalue weighted by molar-refractivity contribution is -0.138. The summed E-state index contributed by atoms with van der Waals surface area (Å²) >= 11 is 9.21. The van der Waals surface area contributed by atoms with E-state index in [0.29, 0.717) is 38.7 Å². The van der Waals surface area contributed by atoms with Crippen molar-refractivity contribution in [1.82, 2.24) is 79.4 Å². The molecular weight excluding hydrogens is 1730 g/mol. The first-order valence-corrected chi connectivity index (χ1v) is 42.5. The summed E-state index contributed by atoms with van der Waals surface area (Å²) in [6.07, 6.45) is -6.76. The number of unbranched alkanes of at least 4 members (excludes halogenated alkanes) is 1. The minimum atomic E-state index is -2.05. The maximum absolute atomic E-state index is 15.5. The summed E-state index contributed by atoms with van der Waals surface area (Å²) in [5, 5.41) is 58.5. The quantitative estimate of drug-likeness (QED) is 0.0128. The molecule has 0 spiro atoms. The van der Waals surface area contributed by atoms with Crippen LogP contribution in [0.25, 0.3) is 21.7 Å². The molecule has 130 heavy (non-hydrogen) atoms. The van der Waals surface area contributed by atoms with E-state index in [1.54, 1.807) is 84.9 Å². The zero-order chi connectivity index (χ0) is 97.4. The fraction of sp³-hybridized carbons (Fsp3) is 0.494. The van der Waals surface area contributed by atoms with Crippen LogP contribution in [0.3, 0.4) is 0 Å². The molecule has 0 unspecified atom stereocenters. The number of H-pyrrole nitrogens is 1. The second-order valence-electron chi connectivity index (χ2n) is 33.1. The van der Waals surface area contributed by atoms with Crippen LogP contribution < -0.4 is 114 Å². The fourth-order valence-electron chi connectivity index (χ4n) is 13.4. The predicted molar refractivity (Wildman–Crippen MR) is 481 cm³/mol. The summed E-state index contributed by atoms with van der Waals surface area (Å²) < 4.78 is 2.59. The monoisotopic (exact) mass is 1850 g/mol. The number of aliphatic hydroxyl groups excluding tert-OH is 2. The van der Waals surface area contributed by atoms with E-state index in [0.717, 1.165) is 19.2 Å². The van der Waals surface area contributed by atoms with E-state index < -0.39 is 251 Å². The summed E-state index contributed by atoms with van der Waals surface area (Å²) in [7, 11) is 0. The number of aromatic nitrogens is 1. The predicted octanol–water partition coefficient (Wildman–Crippen LogP) is -5.33. The van der Waals surface area contributed by atoms with Crippen molar-refractivity contribution in [1.29, 1.82) is 0 Å². The number of rotatable bonds is 54. The third kappa shape index (κ3) is 35.2. The van der Waals surface area contributed by atoms with Crippen LogP contribution in [0.15, 0.2) is 97.2 Å². The molecule has 0 saturated carbocycles. The van der Waals surface area contributed by atoms with Gasteiger partial charge in [-0.2, -0.15) is 25.3 Å². The average Bonchev–Trinajstić information content (AvgIpc) is 1.80. The lowest BCUT2D eigenvalue weighted by Crippen LogP contribution is -2.65. The summed E-state index contributed by atoms with van der Waals surface area (Å²) in [5.41, 5.74) is 32.7. The summed E-state index contributed by atoms with van der Waals surface area (Å²) in [6.45, 7) is 13.1. The first-order chi connectivity index (χ1) is 60.8. The Hall–Kier alpha value is -13.0. The number of carbonyl (C=O) groups is 19. The molecule has 45 heteroatoms. The van der Waals surface area contributed by atoms with Gasteiger partial charge in [0, 0.05) is 85.6 Å². The number of benzene rings is 4. The first kappa shape index (κ1) is 108. The molecule has 1 aromatic heterocycles. The van der Waals surface area contributed by atoms with Gasteiger partial charge in [-0.25, -0.2) is 0 Å². The van der Waals surface area contributed by atoms with Crippen LogP contribution in [-0.2, 0) is 110 Å². The highest BCUT2D eigenvalue weighted by Gasteiger charge is 2.44. The molecule has 43 nitrogen and oxygen atoms in total. The third-order valence-corrected chi connectivity index (χ3v) is 20.9. The van der Waals surface area contributed by atoms with Gasteiger partial charge in [-0.05, 0) is 133 Å². The molecular formula is C85H121N21O22S2. The maximum Gasteiger partial charge on any atom is 0.245 e. The smallest absolute Gasteiger partial charge is 0.245 e. The summed E-state index contributed by atoms with van der Waals surface area (Å²) in [6, 6.07) is 4.29. The average molecular weight is 1850 g/mol. The van der Waals surface area contributed by atoms with Gasteiger partial charge in [-0.1, -0.05) is 72.8 Å². The number of hydrogen-bond acceptors (Lipinski definition) is 25. The molecule has 0 fully saturated rings. The Kier molecular flexibility index (Phi) is 41.4. The highest BCUT2D eigenvalue weighted by atomic mass is 32.1. The standard InChI is InChI=1S/C85H121N21O22S2/c1-42(107)66(94-45(4)110)79(124)105-69(85(9,10)130)80(125)96-55(28-30-62(87)111)72(117)103-67(43(2)108)78(123)100-60(38-50-41-93-53-20-14-13-19-52(50)53)75(120)95-56(29-31-63(88)112)73(118)104-68(84(7,8)129)81(126)101-58(36-46-23-26-51(27-24-46)128-34-32-86)74(119)98-59(37-47-22-25-48-17-11-12-18-49(48)35-47)77(122)106-83(5,6)82(127)102-54(21-15-16-33-92-44(3)109)71(116)99-61(40-65(90)114)76(121)97-57(70(91)115)39-64(89)113/h11-14,17-20,22-27,35,41-43,54-61,66-69,93,107-108,129-130H,15-16,21,28-34,36-40,86H2,1-10H3,(H2,87,111)(H2,88,112)(H2,89,113)(H2,90,114)(H2,91,115)(H,92,109)(H,94,110)(H,95,120)(H,96,125)(H,97,121)(H,98,119)(H,99,116)(H,100,123)(H,101,126)(H,102,127)(H,103,117)(H,104,118)(H,105,124)(H,106,122)/t42-,43-,54+,55+,56+,57+,58+,59+,60+,61+,66+,67+,68-,69-/m1/s1. The largest absolute Gasteiger partial charge is 0.492 e. The van der Waals surface area contributed by atoms with Gasteiger partial charge in [0.1, 0.15) is 90.4 Å². The first-order valence-electron chi connectivity index (χ1n) is 41.6. The van der Waals surface area contributed by atoms with E-state index in [2.05, 4.69) is 92.0 Å². The minimum absolute atomic E-state index is 0.111. The molecule has 5 rings (SSSR count). The van der Waals surface area contributed by atoms with Crippen LogP contribution in [0.1, 0.15) is 144 Å². The van der Waals surface area contributed by atoms with Crippen molar-refractivity contribution in [2.24, 2.45) is 34.4 Å². The van der Waals surface area contributed by atoms with Gasteiger partial charge in [-0.15, -0.1) is 0 Å². The van der Waals surface area contributed by atoms with Crippen LogP contribution in [0.4, 0.5) is 0 Å². The number of hydrogen-bond donors (Lipinski definition) is 25. The van der Waals surface area contributed by atoms with E-state index in [9.17, 15) is 77.3 Å². The number of fused-ring (bicyclic) bond motifs is 2. The molecule has 710 valence electrons. The second kappa shape index (κ2) is 50.1. The molecule has 0 radical (unpaired) electrons. The molecule has 19 amide bonds. The zero-order valence-electron chi connectivity index (χ0n) is 73.8. The maximum atomic E-state index is 15.5. The van der Waals surface area contributed by atoms with Gasteiger partial charge in [0.2, 0.25) is 112 Å². The highest BCUT2D eigenvalue weighted by Crippen LogP contribution is 2.25. The fourth-order valence-corrected chi connectivity index (χ4v) is 13.7. The Labute approximate surface area is 760 Å². The third-order valence-electron chi connectivity index (χ3n) is 20.3. The zero-order valence-corrected chi connectivity index (χ0v) is 75.6. The topological polar surface area (TPSA) is 714 Å². The Bertz CT molecular complexity index is 4920. The van der Waals surface area contributed by atoms with E-state index in [4.69, 9.17) is 51.8 Å². The van der Waals surface area contributed by atoms with Crippen molar-refractivity contribution < 1.29 is 106 Å². The van der Waals surface area contributed by atoms with E-state index in [-0.39, 0.29) is 57.7 Å². The Morgan fingerprint density at radius 2 is 0.862 bits per heavy atom. The number of thiol groups is 2. The number of primary amides is 5. The van der Waals surface area contributed by atoms with E-state index in [1.807, 2.05) is 6.07 Å². The van der Waals surface area contributed by atoms with Gasteiger partial charge < -0.3 is 129 Å². The van der Waals surface area contributed by atoms with Crippen molar-refractivity contribution in [2.45, 2.75) is 246 Å². The number of ether oxygens (including phenoxy) is 1. The molecule has 14 atom stereocenters. The van der Waals surface area contributed by atoms with Crippen molar-refractivity contribution in [3.8, 4) is 5.75 Å². The summed E-state index contributed by atoms with van der Waals surface area (Å²) in [5.74, 6) is -19.5. The van der Waals surface area contributed by atoms with Gasteiger partial charge in [-0.3, -0.25) is 91.1 Å². The van der Waals surface area contributed by atoms with E-state index in [1.165, 1.54) is 61.6 Å². The minimum Gasteiger partial charge on any atom is -0.492 e. The Morgan fingerprint density at radius 1 is 0.431 bits per heavy atom. The van der Waals surface area contributed by atoms with Gasteiger partial charge in [0.15, 0.2) is 0 Å². The van der Waals surface area contributed by atoms with E-state index >= 15 is 24.0 Å². The molecule has 0 aliphatic rings. The van der Waals surface area contributed by atoms with Crippen LogP contribution >= 0.6 is 25.3 Å². The lowest BCUT2D eigenvalue weighted by atomic mass is 9.97. The van der Waals surface area contributed by atoms with Gasteiger partial charge in [0.05, 0.1) is 25.0 Å². The SMILES string of the molecule is CC(=O)NCCCC[C@H](NC(=O)C(C)(C)NC(=O)[C@H](Cc1ccc2ccccc2c1)NC(=O)[C@H](Cc1ccc(OCCN)cc1)NC(=O)[C@@H](NC(=O)[C@H](CCC(N)=O)NC(=O)[C@H](Cc1c[nH]c2ccccc12)NC(=O)[C@@H](NC(=O)[C@H](CCC(N)=O)NC(=O)[C@@H](NC(=O)[C@@H](NC(C)=O)[C@@H](C)O)C(C)(C)S)[C@@H](C)O)C(C)(C)S)C(=O)N[C@@H](CC(N)=O)C(=O)N[C@@H](CC(N)=O)C(N)=O. The highest BCUT2D eigenvalue weighted by molar-refractivity contribution is 7.82. The van der Waals surface area contributed by atoms with Gasteiger partial charge in [0.25, 0.3) is 0 Å². The number of nitrogens with two attached hydrogens (primary N) is 6. The molecule has 0 bridgehead atoms. The number of amides is 19. The van der Waals surface area contributed by atoms with Crippen LogP contribution in [0.5, 0.6) is 5.75 Å². The van der Waals surface area contributed by atoms with Crippen LogP contribution in [0, 0.1) is 0 Å². The molecule has 4 aromatic carbocycles. The Morgan fingerprint density at radius 3 is 1.40 bits per heavy atom.